The van der Waals surface area contributed by atoms with E-state index in [1.165, 1.54) is 19.0 Å². The van der Waals surface area contributed by atoms with E-state index in [2.05, 4.69) is 32.5 Å². The molecule has 134 valence electrons. The number of halogens is 1. The van der Waals surface area contributed by atoms with Gasteiger partial charge in [0.15, 0.2) is 5.96 Å². The van der Waals surface area contributed by atoms with Gasteiger partial charge in [-0.1, -0.05) is 12.1 Å². The number of aliphatic imine (C=N–C) groups is 1. The molecule has 0 unspecified atom stereocenters. The first-order valence-corrected chi connectivity index (χ1v) is 8.69. The van der Waals surface area contributed by atoms with Crippen LogP contribution in [0.25, 0.3) is 0 Å². The van der Waals surface area contributed by atoms with Crippen molar-refractivity contribution in [3.8, 4) is 0 Å². The van der Waals surface area contributed by atoms with Crippen LogP contribution in [0.2, 0.25) is 0 Å². The Morgan fingerprint density at radius 2 is 2.04 bits per heavy atom. The topological polar surface area (TPSA) is 42.9 Å². The molecular weight excluding hydrogens is 305 g/mol. The monoisotopic (exact) mass is 335 g/mol. The zero-order valence-corrected chi connectivity index (χ0v) is 15.1. The summed E-state index contributed by atoms with van der Waals surface area (Å²) in [5, 5.41) is 6.63. The molecule has 0 spiro atoms. The molecule has 0 aliphatic carbocycles. The van der Waals surface area contributed by atoms with Crippen molar-refractivity contribution >= 4 is 5.96 Å². The molecule has 0 saturated carbocycles. The smallest absolute Gasteiger partial charge is 0.191 e. The average molecular weight is 335 g/mol. The Labute approximate surface area is 144 Å². The summed E-state index contributed by atoms with van der Waals surface area (Å²) in [7, 11) is 3.96. The second-order valence-electron chi connectivity index (χ2n) is 6.43. The molecule has 1 aromatic rings. The van der Waals surface area contributed by atoms with Crippen molar-refractivity contribution in [3.63, 3.8) is 0 Å². The summed E-state index contributed by atoms with van der Waals surface area (Å²) in [4.78, 5) is 9.13. The maximum Gasteiger partial charge on any atom is 0.191 e. The summed E-state index contributed by atoms with van der Waals surface area (Å²) in [5.74, 6) is 0.619. The number of rotatable bonds is 5. The SMILES string of the molecule is CN=C(NCCN1CCCN(C)CC1)NCc1ccc(F)c(C)c1. The number of guanidine groups is 1. The van der Waals surface area contributed by atoms with Gasteiger partial charge < -0.3 is 20.4 Å². The standard InChI is InChI=1S/C18H30FN5/c1-15-13-16(5-6-17(15)19)14-22-18(20-2)21-7-10-24-9-4-8-23(3)11-12-24/h5-6,13H,4,7-12,14H2,1-3H3,(H2,20,21,22). The van der Waals surface area contributed by atoms with Gasteiger partial charge in [-0.3, -0.25) is 4.99 Å². The Hall–Kier alpha value is -1.66. The van der Waals surface area contributed by atoms with E-state index in [-0.39, 0.29) is 5.82 Å². The quantitative estimate of drug-likeness (QED) is 0.631. The van der Waals surface area contributed by atoms with Gasteiger partial charge in [0.1, 0.15) is 5.82 Å². The Balaban J connectivity index is 1.71. The van der Waals surface area contributed by atoms with E-state index in [0.717, 1.165) is 44.2 Å². The minimum atomic E-state index is -0.163. The maximum atomic E-state index is 13.3. The predicted molar refractivity (Wildman–Crippen MR) is 97.9 cm³/mol. The van der Waals surface area contributed by atoms with Crippen LogP contribution in [-0.4, -0.2) is 69.1 Å². The van der Waals surface area contributed by atoms with Gasteiger partial charge in [0.05, 0.1) is 0 Å². The average Bonchev–Trinajstić information content (AvgIpc) is 2.78. The number of nitrogens with one attached hydrogen (secondary N) is 2. The summed E-state index contributed by atoms with van der Waals surface area (Å²) >= 11 is 0. The molecule has 2 rings (SSSR count). The highest BCUT2D eigenvalue weighted by Gasteiger charge is 2.11. The maximum absolute atomic E-state index is 13.3. The molecule has 2 N–H and O–H groups in total. The van der Waals surface area contributed by atoms with Crippen molar-refractivity contribution in [2.75, 3.05) is 53.4 Å². The summed E-state index contributed by atoms with van der Waals surface area (Å²) in [6.07, 6.45) is 1.23. The van der Waals surface area contributed by atoms with Crippen molar-refractivity contribution in [3.05, 3.63) is 35.1 Å². The largest absolute Gasteiger partial charge is 0.355 e. The van der Waals surface area contributed by atoms with Crippen LogP contribution in [0.15, 0.2) is 23.2 Å². The van der Waals surface area contributed by atoms with Gasteiger partial charge in [-0.25, -0.2) is 4.39 Å². The van der Waals surface area contributed by atoms with Crippen LogP contribution in [0.4, 0.5) is 4.39 Å². The van der Waals surface area contributed by atoms with E-state index < -0.39 is 0 Å². The fourth-order valence-corrected chi connectivity index (χ4v) is 2.88. The van der Waals surface area contributed by atoms with Crippen LogP contribution in [0.1, 0.15) is 17.5 Å². The van der Waals surface area contributed by atoms with Crippen molar-refractivity contribution in [2.45, 2.75) is 19.9 Å². The number of aryl methyl sites for hydroxylation is 1. The Morgan fingerprint density at radius 1 is 1.21 bits per heavy atom. The van der Waals surface area contributed by atoms with Crippen molar-refractivity contribution in [1.29, 1.82) is 0 Å². The molecule has 0 radical (unpaired) electrons. The molecule has 1 heterocycles. The lowest BCUT2D eigenvalue weighted by atomic mass is 10.1. The Morgan fingerprint density at radius 3 is 2.79 bits per heavy atom. The van der Waals surface area contributed by atoms with E-state index >= 15 is 0 Å². The lowest BCUT2D eigenvalue weighted by Crippen LogP contribution is -2.42. The first kappa shape index (κ1) is 18.7. The number of nitrogens with zero attached hydrogens (tertiary/aromatic N) is 3. The second-order valence-corrected chi connectivity index (χ2v) is 6.43. The first-order valence-electron chi connectivity index (χ1n) is 8.69. The fraction of sp³-hybridized carbons (Fsp3) is 0.611. The molecule has 1 saturated heterocycles. The van der Waals surface area contributed by atoms with E-state index in [1.54, 1.807) is 20.0 Å². The van der Waals surface area contributed by atoms with Crippen LogP contribution in [0, 0.1) is 12.7 Å². The highest BCUT2D eigenvalue weighted by Crippen LogP contribution is 2.08. The third kappa shape index (κ3) is 6.09. The van der Waals surface area contributed by atoms with Gasteiger partial charge >= 0.3 is 0 Å². The second kappa shape index (κ2) is 9.59. The van der Waals surface area contributed by atoms with Crippen molar-refractivity contribution < 1.29 is 4.39 Å². The van der Waals surface area contributed by atoms with Gasteiger partial charge in [-0.2, -0.15) is 0 Å². The van der Waals surface area contributed by atoms with Gasteiger partial charge in [0, 0.05) is 39.8 Å². The number of hydrogen-bond acceptors (Lipinski definition) is 3. The highest BCUT2D eigenvalue weighted by atomic mass is 19.1. The van der Waals surface area contributed by atoms with Crippen LogP contribution < -0.4 is 10.6 Å². The lowest BCUT2D eigenvalue weighted by Gasteiger charge is -2.21. The minimum absolute atomic E-state index is 0.163. The van der Waals surface area contributed by atoms with Crippen molar-refractivity contribution in [1.82, 2.24) is 20.4 Å². The normalized spacial score (nSPS) is 17.6. The zero-order chi connectivity index (χ0) is 17.4. The first-order chi connectivity index (χ1) is 11.6. The molecule has 1 fully saturated rings. The zero-order valence-electron chi connectivity index (χ0n) is 15.1. The van der Waals surface area contributed by atoms with Gasteiger partial charge in [0.25, 0.3) is 0 Å². The molecule has 0 bridgehead atoms. The number of benzene rings is 1. The molecule has 0 atom stereocenters. The van der Waals surface area contributed by atoms with Gasteiger partial charge in [-0.05, 0) is 50.7 Å². The lowest BCUT2D eigenvalue weighted by molar-refractivity contribution is 0.280. The molecular formula is C18H30FN5. The van der Waals surface area contributed by atoms with E-state index in [9.17, 15) is 4.39 Å². The fourth-order valence-electron chi connectivity index (χ4n) is 2.88. The van der Waals surface area contributed by atoms with Crippen molar-refractivity contribution in [2.24, 2.45) is 4.99 Å². The van der Waals surface area contributed by atoms with E-state index in [0.29, 0.717) is 12.1 Å². The molecule has 1 aromatic carbocycles. The summed E-state index contributed by atoms with van der Waals surface area (Å²) in [6, 6.07) is 5.18. The molecule has 1 aliphatic heterocycles. The third-order valence-electron chi connectivity index (χ3n) is 4.44. The molecule has 5 nitrogen and oxygen atoms in total. The molecule has 0 amide bonds. The van der Waals surface area contributed by atoms with E-state index in [1.807, 2.05) is 6.07 Å². The summed E-state index contributed by atoms with van der Waals surface area (Å²) < 4.78 is 13.3. The third-order valence-corrected chi connectivity index (χ3v) is 4.44. The molecule has 1 aliphatic rings. The van der Waals surface area contributed by atoms with Crippen LogP contribution in [0.3, 0.4) is 0 Å². The molecule has 0 aromatic heterocycles. The van der Waals surface area contributed by atoms with Gasteiger partial charge in [-0.15, -0.1) is 0 Å². The summed E-state index contributed by atoms with van der Waals surface area (Å²) in [6.45, 7) is 8.91. The van der Waals surface area contributed by atoms with Crippen LogP contribution >= 0.6 is 0 Å². The minimum Gasteiger partial charge on any atom is -0.355 e. The van der Waals surface area contributed by atoms with E-state index in [4.69, 9.17) is 0 Å². The molecule has 6 heteroatoms. The highest BCUT2D eigenvalue weighted by molar-refractivity contribution is 5.79. The number of hydrogen-bond donors (Lipinski definition) is 2. The van der Waals surface area contributed by atoms with Crippen LogP contribution in [-0.2, 0) is 6.54 Å². The molecule has 24 heavy (non-hydrogen) atoms. The Kier molecular flexibility index (Phi) is 7.46. The predicted octanol–water partition coefficient (Wildman–Crippen LogP) is 1.44. The van der Waals surface area contributed by atoms with Gasteiger partial charge in [0.2, 0.25) is 0 Å². The Bertz CT molecular complexity index is 546. The van der Waals surface area contributed by atoms with Crippen LogP contribution in [0.5, 0.6) is 0 Å². The number of likely N-dealkylation sites (N-methyl/N-ethyl adjacent to an activating group) is 1. The summed E-state index contributed by atoms with van der Waals surface area (Å²) in [5.41, 5.74) is 1.72.